The average Bonchev–Trinajstić information content (AvgIpc) is 1.86. The van der Waals surface area contributed by atoms with Crippen LogP contribution in [0.2, 0.25) is 0 Å². The van der Waals surface area contributed by atoms with E-state index in [0.717, 1.165) is 6.54 Å². The molecule has 0 aliphatic heterocycles. The van der Waals surface area contributed by atoms with Gasteiger partial charge in [0.25, 0.3) is 0 Å². The van der Waals surface area contributed by atoms with Gasteiger partial charge < -0.3 is 5.32 Å². The molecule has 0 aliphatic rings. The molecule has 0 amide bonds. The summed E-state index contributed by atoms with van der Waals surface area (Å²) >= 11 is 0. The fourth-order valence-electron chi connectivity index (χ4n) is 0.802. The summed E-state index contributed by atoms with van der Waals surface area (Å²) in [5, 5.41) is 3.52. The Balaban J connectivity index is 3.44. The van der Waals surface area contributed by atoms with Crippen molar-refractivity contribution < 1.29 is 0 Å². The Hall–Kier alpha value is -0.0400. The molecule has 68 valence electrons. The van der Waals surface area contributed by atoms with Crippen molar-refractivity contribution in [1.82, 2.24) is 5.32 Å². The fraction of sp³-hybridized carbons (Fsp3) is 1.00. The third-order valence-electron chi connectivity index (χ3n) is 2.28. The topological polar surface area (TPSA) is 12.0 Å². The van der Waals surface area contributed by atoms with Gasteiger partial charge in [0.2, 0.25) is 0 Å². The van der Waals surface area contributed by atoms with E-state index in [1.165, 1.54) is 12.8 Å². The second-order valence-electron chi connectivity index (χ2n) is 4.40. The molecular formula is C10H23N. The summed E-state index contributed by atoms with van der Waals surface area (Å²) in [7, 11) is 0. The lowest BCUT2D eigenvalue weighted by atomic mass is 9.88. The van der Waals surface area contributed by atoms with Gasteiger partial charge in [-0.2, -0.15) is 0 Å². The molecule has 0 heterocycles. The highest BCUT2D eigenvalue weighted by atomic mass is 14.9. The molecule has 1 nitrogen and oxygen atoms in total. The van der Waals surface area contributed by atoms with Gasteiger partial charge in [-0.1, -0.05) is 34.1 Å². The van der Waals surface area contributed by atoms with Crippen LogP contribution in [0, 0.1) is 5.41 Å². The summed E-state index contributed by atoms with van der Waals surface area (Å²) in [6.07, 6.45) is 2.57. The molecular weight excluding hydrogens is 134 g/mol. The van der Waals surface area contributed by atoms with Gasteiger partial charge in [0.15, 0.2) is 0 Å². The number of hydrogen-bond donors (Lipinski definition) is 1. The van der Waals surface area contributed by atoms with Crippen molar-refractivity contribution in [3.05, 3.63) is 0 Å². The first-order valence-electron chi connectivity index (χ1n) is 4.72. The quantitative estimate of drug-likeness (QED) is 0.619. The normalized spacial score (nSPS) is 15.0. The highest BCUT2D eigenvalue weighted by Crippen LogP contribution is 2.18. The molecule has 0 bridgehead atoms. The van der Waals surface area contributed by atoms with Crippen molar-refractivity contribution in [2.45, 2.75) is 53.5 Å². The van der Waals surface area contributed by atoms with Crippen LogP contribution < -0.4 is 5.32 Å². The molecule has 0 spiro atoms. The van der Waals surface area contributed by atoms with E-state index in [1.807, 2.05) is 0 Å². The van der Waals surface area contributed by atoms with E-state index >= 15 is 0 Å². The van der Waals surface area contributed by atoms with Crippen LogP contribution >= 0.6 is 0 Å². The van der Waals surface area contributed by atoms with Crippen LogP contribution in [0.5, 0.6) is 0 Å². The zero-order chi connectivity index (χ0) is 8.91. The van der Waals surface area contributed by atoms with Crippen LogP contribution in [-0.2, 0) is 0 Å². The lowest BCUT2D eigenvalue weighted by molar-refractivity contribution is 0.286. The second-order valence-corrected chi connectivity index (χ2v) is 4.40. The monoisotopic (exact) mass is 157 g/mol. The molecule has 0 aromatic heterocycles. The first-order chi connectivity index (χ1) is 4.98. The van der Waals surface area contributed by atoms with E-state index < -0.39 is 0 Å². The van der Waals surface area contributed by atoms with Crippen LogP contribution in [0.25, 0.3) is 0 Å². The minimum Gasteiger partial charge on any atom is -0.314 e. The zero-order valence-electron chi connectivity index (χ0n) is 8.70. The number of unbranched alkanes of at least 4 members (excludes halogenated alkanes) is 1. The third-order valence-corrected chi connectivity index (χ3v) is 2.28. The first kappa shape index (κ1) is 11.0. The smallest absolute Gasteiger partial charge is 0.00872 e. The standard InChI is InChI=1S/C10H23N/c1-6-7-8-11-9(2)10(3,4)5/h9,11H,6-8H2,1-5H3. The number of hydrogen-bond acceptors (Lipinski definition) is 1. The van der Waals surface area contributed by atoms with Crippen LogP contribution in [0.1, 0.15) is 47.5 Å². The van der Waals surface area contributed by atoms with Gasteiger partial charge >= 0.3 is 0 Å². The van der Waals surface area contributed by atoms with Crippen molar-refractivity contribution in [3.8, 4) is 0 Å². The van der Waals surface area contributed by atoms with E-state index in [9.17, 15) is 0 Å². The average molecular weight is 157 g/mol. The molecule has 0 aromatic rings. The Morgan fingerprint density at radius 3 is 2.18 bits per heavy atom. The van der Waals surface area contributed by atoms with Gasteiger partial charge in [0.05, 0.1) is 0 Å². The highest BCUT2D eigenvalue weighted by Gasteiger charge is 2.18. The summed E-state index contributed by atoms with van der Waals surface area (Å²) in [6, 6.07) is 0.619. The molecule has 1 N–H and O–H groups in total. The van der Waals surface area contributed by atoms with Crippen molar-refractivity contribution >= 4 is 0 Å². The van der Waals surface area contributed by atoms with Gasteiger partial charge in [-0.3, -0.25) is 0 Å². The molecule has 1 heteroatoms. The van der Waals surface area contributed by atoms with E-state index in [2.05, 4.69) is 39.9 Å². The Labute approximate surface area is 71.6 Å². The van der Waals surface area contributed by atoms with E-state index in [4.69, 9.17) is 0 Å². The molecule has 0 fully saturated rings. The minimum atomic E-state index is 0.397. The van der Waals surface area contributed by atoms with Gasteiger partial charge in [0, 0.05) is 6.04 Å². The Morgan fingerprint density at radius 2 is 1.82 bits per heavy atom. The third kappa shape index (κ3) is 5.25. The van der Waals surface area contributed by atoms with Crippen molar-refractivity contribution in [2.24, 2.45) is 5.41 Å². The Kier molecular flexibility index (Phi) is 4.74. The lowest BCUT2D eigenvalue weighted by Crippen LogP contribution is -2.38. The molecule has 0 saturated heterocycles. The maximum Gasteiger partial charge on any atom is 0.00872 e. The summed E-state index contributed by atoms with van der Waals surface area (Å²) < 4.78 is 0. The van der Waals surface area contributed by atoms with E-state index in [-0.39, 0.29) is 0 Å². The maximum absolute atomic E-state index is 3.52. The predicted octanol–water partition coefficient (Wildman–Crippen LogP) is 2.81. The maximum atomic E-state index is 3.52. The van der Waals surface area contributed by atoms with Crippen LogP contribution in [0.4, 0.5) is 0 Å². The van der Waals surface area contributed by atoms with Gasteiger partial charge in [-0.05, 0) is 25.3 Å². The Bertz CT molecular complexity index is 91.5. The predicted molar refractivity (Wildman–Crippen MR) is 51.8 cm³/mol. The Morgan fingerprint density at radius 1 is 1.27 bits per heavy atom. The molecule has 1 unspecified atom stereocenters. The highest BCUT2D eigenvalue weighted by molar-refractivity contribution is 4.75. The molecule has 1 atom stereocenters. The summed E-state index contributed by atoms with van der Waals surface area (Å²) in [5.74, 6) is 0. The number of nitrogens with one attached hydrogen (secondary N) is 1. The van der Waals surface area contributed by atoms with Gasteiger partial charge in [-0.15, -0.1) is 0 Å². The first-order valence-corrected chi connectivity index (χ1v) is 4.72. The summed E-state index contributed by atoms with van der Waals surface area (Å²) in [6.45, 7) is 12.5. The second kappa shape index (κ2) is 4.76. The largest absolute Gasteiger partial charge is 0.314 e. The van der Waals surface area contributed by atoms with Crippen molar-refractivity contribution in [1.29, 1.82) is 0 Å². The summed E-state index contributed by atoms with van der Waals surface area (Å²) in [5.41, 5.74) is 0.397. The van der Waals surface area contributed by atoms with Crippen LogP contribution in [0.15, 0.2) is 0 Å². The zero-order valence-corrected chi connectivity index (χ0v) is 8.70. The number of rotatable bonds is 4. The molecule has 0 saturated carbocycles. The van der Waals surface area contributed by atoms with Crippen molar-refractivity contribution in [3.63, 3.8) is 0 Å². The van der Waals surface area contributed by atoms with Gasteiger partial charge in [-0.25, -0.2) is 0 Å². The summed E-state index contributed by atoms with van der Waals surface area (Å²) in [4.78, 5) is 0. The van der Waals surface area contributed by atoms with Gasteiger partial charge in [0.1, 0.15) is 0 Å². The molecule has 11 heavy (non-hydrogen) atoms. The fourth-order valence-corrected chi connectivity index (χ4v) is 0.802. The lowest BCUT2D eigenvalue weighted by Gasteiger charge is -2.28. The van der Waals surface area contributed by atoms with E-state index in [0.29, 0.717) is 11.5 Å². The van der Waals surface area contributed by atoms with Crippen molar-refractivity contribution in [2.75, 3.05) is 6.54 Å². The van der Waals surface area contributed by atoms with Crippen LogP contribution in [0.3, 0.4) is 0 Å². The SMILES string of the molecule is CCCCNC(C)C(C)(C)C. The molecule has 0 rings (SSSR count). The molecule has 0 aromatic carbocycles. The minimum absolute atomic E-state index is 0.397. The molecule has 0 aliphatic carbocycles. The molecule has 0 radical (unpaired) electrons. The van der Waals surface area contributed by atoms with Crippen LogP contribution in [-0.4, -0.2) is 12.6 Å². The van der Waals surface area contributed by atoms with E-state index in [1.54, 1.807) is 0 Å².